The maximum atomic E-state index is 8.96. The van der Waals surface area contributed by atoms with Crippen LogP contribution in [0.4, 0.5) is 0 Å². The molecule has 0 aliphatic carbocycles. The highest BCUT2D eigenvalue weighted by Gasteiger charge is 2.00. The van der Waals surface area contributed by atoms with Gasteiger partial charge in [0.15, 0.2) is 0 Å². The first kappa shape index (κ1) is 12.1. The highest BCUT2D eigenvalue weighted by atomic mass is 16.5. The van der Waals surface area contributed by atoms with Gasteiger partial charge in [0.05, 0.1) is 13.2 Å². The SMILES string of the molecule is CCCCCOc1ccc(CO)cc1C. The Bertz CT molecular complexity index is 295. The van der Waals surface area contributed by atoms with E-state index in [-0.39, 0.29) is 6.61 Å². The van der Waals surface area contributed by atoms with Crippen LogP contribution in [0.25, 0.3) is 0 Å². The Hall–Kier alpha value is -1.02. The van der Waals surface area contributed by atoms with Gasteiger partial charge in [-0.05, 0) is 30.5 Å². The van der Waals surface area contributed by atoms with Crippen molar-refractivity contribution in [2.45, 2.75) is 39.7 Å². The highest BCUT2D eigenvalue weighted by molar-refractivity contribution is 5.35. The van der Waals surface area contributed by atoms with E-state index in [9.17, 15) is 0 Å². The zero-order chi connectivity index (χ0) is 11.1. The van der Waals surface area contributed by atoms with Gasteiger partial charge in [0.2, 0.25) is 0 Å². The molecule has 84 valence electrons. The van der Waals surface area contributed by atoms with Gasteiger partial charge < -0.3 is 9.84 Å². The summed E-state index contributed by atoms with van der Waals surface area (Å²) in [6.07, 6.45) is 3.54. The summed E-state index contributed by atoms with van der Waals surface area (Å²) >= 11 is 0. The predicted molar refractivity (Wildman–Crippen MR) is 62.1 cm³/mol. The zero-order valence-corrected chi connectivity index (χ0v) is 9.62. The number of unbranched alkanes of at least 4 members (excludes halogenated alkanes) is 2. The molecular formula is C13H20O2. The predicted octanol–water partition coefficient (Wildman–Crippen LogP) is 3.06. The van der Waals surface area contributed by atoms with E-state index in [1.807, 2.05) is 25.1 Å². The lowest BCUT2D eigenvalue weighted by Crippen LogP contribution is -1.99. The van der Waals surface area contributed by atoms with E-state index in [2.05, 4.69) is 6.92 Å². The lowest BCUT2D eigenvalue weighted by molar-refractivity contribution is 0.280. The average molecular weight is 208 g/mol. The van der Waals surface area contributed by atoms with Crippen molar-refractivity contribution >= 4 is 0 Å². The average Bonchev–Trinajstić information content (AvgIpc) is 2.26. The monoisotopic (exact) mass is 208 g/mol. The third kappa shape index (κ3) is 3.92. The summed E-state index contributed by atoms with van der Waals surface area (Å²) in [5.74, 6) is 0.934. The van der Waals surface area contributed by atoms with Gasteiger partial charge in [0, 0.05) is 0 Å². The van der Waals surface area contributed by atoms with Crippen LogP contribution in [0.2, 0.25) is 0 Å². The summed E-state index contributed by atoms with van der Waals surface area (Å²) in [6, 6.07) is 5.81. The van der Waals surface area contributed by atoms with Gasteiger partial charge in [0.25, 0.3) is 0 Å². The summed E-state index contributed by atoms with van der Waals surface area (Å²) < 4.78 is 5.66. The summed E-state index contributed by atoms with van der Waals surface area (Å²) in [4.78, 5) is 0. The Labute approximate surface area is 91.9 Å². The molecule has 2 heteroatoms. The summed E-state index contributed by atoms with van der Waals surface area (Å²) in [5.41, 5.74) is 2.03. The van der Waals surface area contributed by atoms with E-state index in [0.717, 1.165) is 29.9 Å². The number of hydrogen-bond donors (Lipinski definition) is 1. The molecule has 1 aromatic rings. The van der Waals surface area contributed by atoms with Gasteiger partial charge in [-0.15, -0.1) is 0 Å². The Morgan fingerprint density at radius 2 is 2.07 bits per heavy atom. The number of aliphatic hydroxyl groups excluding tert-OH is 1. The second-order valence-electron chi connectivity index (χ2n) is 3.81. The number of aryl methyl sites for hydroxylation is 1. The molecule has 0 unspecified atom stereocenters. The van der Waals surface area contributed by atoms with E-state index < -0.39 is 0 Å². The fraction of sp³-hybridized carbons (Fsp3) is 0.538. The van der Waals surface area contributed by atoms with Gasteiger partial charge >= 0.3 is 0 Å². The van der Waals surface area contributed by atoms with Gasteiger partial charge in [0.1, 0.15) is 5.75 Å². The lowest BCUT2D eigenvalue weighted by Gasteiger charge is -2.09. The smallest absolute Gasteiger partial charge is 0.122 e. The van der Waals surface area contributed by atoms with Crippen molar-refractivity contribution < 1.29 is 9.84 Å². The first-order valence-electron chi connectivity index (χ1n) is 5.61. The lowest BCUT2D eigenvalue weighted by atomic mass is 10.1. The van der Waals surface area contributed by atoms with E-state index in [1.54, 1.807) is 0 Å². The van der Waals surface area contributed by atoms with Gasteiger partial charge in [-0.2, -0.15) is 0 Å². The Balaban J connectivity index is 2.47. The molecule has 1 aromatic carbocycles. The van der Waals surface area contributed by atoms with Gasteiger partial charge in [-0.3, -0.25) is 0 Å². The van der Waals surface area contributed by atoms with E-state index in [1.165, 1.54) is 12.8 Å². The van der Waals surface area contributed by atoms with Crippen LogP contribution in [-0.2, 0) is 6.61 Å². The molecule has 0 aliphatic rings. The van der Waals surface area contributed by atoms with Crippen molar-refractivity contribution in [1.29, 1.82) is 0 Å². The highest BCUT2D eigenvalue weighted by Crippen LogP contribution is 2.19. The van der Waals surface area contributed by atoms with E-state index in [4.69, 9.17) is 9.84 Å². The van der Waals surface area contributed by atoms with Crippen LogP contribution >= 0.6 is 0 Å². The molecule has 0 spiro atoms. The summed E-state index contributed by atoms with van der Waals surface area (Å²) in [5, 5.41) is 8.96. The zero-order valence-electron chi connectivity index (χ0n) is 9.62. The molecule has 0 aliphatic heterocycles. The first-order valence-corrected chi connectivity index (χ1v) is 5.61. The van der Waals surface area contributed by atoms with Crippen molar-refractivity contribution in [2.24, 2.45) is 0 Å². The Morgan fingerprint density at radius 3 is 2.67 bits per heavy atom. The third-order valence-electron chi connectivity index (χ3n) is 2.43. The fourth-order valence-electron chi connectivity index (χ4n) is 1.51. The minimum Gasteiger partial charge on any atom is -0.493 e. The first-order chi connectivity index (χ1) is 7.27. The Morgan fingerprint density at radius 1 is 1.27 bits per heavy atom. The number of aliphatic hydroxyl groups is 1. The fourth-order valence-corrected chi connectivity index (χ4v) is 1.51. The molecule has 0 heterocycles. The molecule has 1 N–H and O–H groups in total. The molecule has 0 saturated heterocycles. The standard InChI is InChI=1S/C13H20O2/c1-3-4-5-8-15-13-7-6-12(10-14)9-11(13)2/h6-7,9,14H,3-5,8,10H2,1-2H3. The second kappa shape index (κ2) is 6.46. The van der Waals surface area contributed by atoms with Crippen LogP contribution in [0.3, 0.4) is 0 Å². The Kier molecular flexibility index (Phi) is 5.19. The molecule has 0 atom stereocenters. The second-order valence-corrected chi connectivity index (χ2v) is 3.81. The van der Waals surface area contributed by atoms with Crippen molar-refractivity contribution in [1.82, 2.24) is 0 Å². The van der Waals surface area contributed by atoms with Crippen LogP contribution < -0.4 is 4.74 Å². The van der Waals surface area contributed by atoms with Crippen LogP contribution in [-0.4, -0.2) is 11.7 Å². The topological polar surface area (TPSA) is 29.5 Å². The molecule has 0 bridgehead atoms. The van der Waals surface area contributed by atoms with Crippen LogP contribution in [0.15, 0.2) is 18.2 Å². The quantitative estimate of drug-likeness (QED) is 0.728. The van der Waals surface area contributed by atoms with Crippen molar-refractivity contribution in [3.05, 3.63) is 29.3 Å². The molecule has 0 saturated carbocycles. The normalized spacial score (nSPS) is 10.3. The number of benzene rings is 1. The third-order valence-corrected chi connectivity index (χ3v) is 2.43. The van der Waals surface area contributed by atoms with Crippen molar-refractivity contribution in [3.8, 4) is 5.75 Å². The van der Waals surface area contributed by atoms with Gasteiger partial charge in [-0.1, -0.05) is 31.9 Å². The van der Waals surface area contributed by atoms with Crippen LogP contribution in [0.1, 0.15) is 37.3 Å². The molecule has 0 fully saturated rings. The van der Waals surface area contributed by atoms with E-state index >= 15 is 0 Å². The molecular weight excluding hydrogens is 188 g/mol. The molecule has 15 heavy (non-hydrogen) atoms. The van der Waals surface area contributed by atoms with E-state index in [0.29, 0.717) is 0 Å². The maximum Gasteiger partial charge on any atom is 0.122 e. The summed E-state index contributed by atoms with van der Waals surface area (Å²) in [6.45, 7) is 5.07. The van der Waals surface area contributed by atoms with Crippen LogP contribution in [0, 0.1) is 6.92 Å². The number of rotatable bonds is 6. The number of ether oxygens (including phenoxy) is 1. The van der Waals surface area contributed by atoms with Crippen molar-refractivity contribution in [2.75, 3.05) is 6.61 Å². The maximum absolute atomic E-state index is 8.96. The van der Waals surface area contributed by atoms with Crippen molar-refractivity contribution in [3.63, 3.8) is 0 Å². The largest absolute Gasteiger partial charge is 0.493 e. The molecule has 0 aromatic heterocycles. The summed E-state index contributed by atoms with van der Waals surface area (Å²) in [7, 11) is 0. The molecule has 2 nitrogen and oxygen atoms in total. The minimum atomic E-state index is 0.0942. The number of hydrogen-bond acceptors (Lipinski definition) is 2. The molecule has 0 amide bonds. The molecule has 0 radical (unpaired) electrons. The van der Waals surface area contributed by atoms with Crippen LogP contribution in [0.5, 0.6) is 5.75 Å². The molecule has 1 rings (SSSR count). The minimum absolute atomic E-state index is 0.0942. The van der Waals surface area contributed by atoms with Gasteiger partial charge in [-0.25, -0.2) is 0 Å².